The van der Waals surface area contributed by atoms with Crippen LogP contribution in [0.3, 0.4) is 0 Å². The maximum atomic E-state index is 12.2. The number of carbonyl (C=O) groups is 1. The van der Waals surface area contributed by atoms with E-state index in [0.717, 1.165) is 5.56 Å². The summed E-state index contributed by atoms with van der Waals surface area (Å²) >= 11 is 0. The first-order valence-electron chi connectivity index (χ1n) is 7.80. The van der Waals surface area contributed by atoms with Crippen molar-refractivity contribution in [2.24, 2.45) is 0 Å². The second kappa shape index (κ2) is 7.92. The van der Waals surface area contributed by atoms with Crippen molar-refractivity contribution >= 4 is 17.4 Å². The van der Waals surface area contributed by atoms with Crippen molar-refractivity contribution in [1.29, 1.82) is 0 Å². The molecule has 0 atom stereocenters. The average molecular weight is 334 g/mol. The van der Waals surface area contributed by atoms with Crippen LogP contribution in [0.15, 0.2) is 67.0 Å². The number of nitrogens with one attached hydrogen (secondary N) is 2. The first-order valence-corrected chi connectivity index (χ1v) is 7.80. The van der Waals surface area contributed by atoms with Gasteiger partial charge < -0.3 is 15.4 Å². The molecule has 1 aromatic heterocycles. The summed E-state index contributed by atoms with van der Waals surface area (Å²) < 4.78 is 5.13. The fourth-order valence-corrected chi connectivity index (χ4v) is 2.22. The summed E-state index contributed by atoms with van der Waals surface area (Å²) in [6.45, 7) is 0.644. The summed E-state index contributed by atoms with van der Waals surface area (Å²) in [4.78, 5) is 20.6. The molecule has 0 unspecified atom stereocenters. The lowest BCUT2D eigenvalue weighted by atomic mass is 10.2. The van der Waals surface area contributed by atoms with Crippen LogP contribution in [-0.2, 0) is 6.54 Å². The Morgan fingerprint density at radius 2 is 1.88 bits per heavy atom. The van der Waals surface area contributed by atoms with Gasteiger partial charge in [0.1, 0.15) is 17.3 Å². The van der Waals surface area contributed by atoms with Gasteiger partial charge in [0, 0.05) is 18.3 Å². The van der Waals surface area contributed by atoms with Crippen molar-refractivity contribution in [1.82, 2.24) is 9.97 Å². The Labute approximate surface area is 145 Å². The number of hydrogen-bond acceptors (Lipinski definition) is 5. The fourth-order valence-electron chi connectivity index (χ4n) is 2.22. The van der Waals surface area contributed by atoms with E-state index in [2.05, 4.69) is 20.6 Å². The molecule has 2 N–H and O–H groups in total. The second-order valence-corrected chi connectivity index (χ2v) is 5.31. The smallest absolute Gasteiger partial charge is 0.275 e. The van der Waals surface area contributed by atoms with E-state index in [4.69, 9.17) is 4.74 Å². The number of rotatable bonds is 6. The SMILES string of the molecule is COc1cccc(NC(=O)c2cnc(NCc3ccccc3)cn2)c1. The molecule has 25 heavy (non-hydrogen) atoms. The molecule has 0 aliphatic heterocycles. The number of methoxy groups -OCH3 is 1. The molecule has 1 amide bonds. The standard InChI is InChI=1S/C19H18N4O2/c1-25-16-9-5-8-15(10-16)23-19(24)17-12-22-18(13-20-17)21-11-14-6-3-2-4-7-14/h2-10,12-13H,11H2,1H3,(H,21,22)(H,23,24). The zero-order chi connectivity index (χ0) is 17.5. The summed E-state index contributed by atoms with van der Waals surface area (Å²) in [5.41, 5.74) is 2.02. The number of ether oxygens (including phenoxy) is 1. The average Bonchev–Trinajstić information content (AvgIpc) is 2.67. The van der Waals surface area contributed by atoms with Crippen LogP contribution in [0.25, 0.3) is 0 Å². The maximum Gasteiger partial charge on any atom is 0.275 e. The molecule has 6 nitrogen and oxygen atoms in total. The first kappa shape index (κ1) is 16.4. The van der Waals surface area contributed by atoms with Crippen molar-refractivity contribution in [2.45, 2.75) is 6.54 Å². The molecular formula is C19H18N4O2. The Kier molecular flexibility index (Phi) is 5.21. The lowest BCUT2D eigenvalue weighted by molar-refractivity contribution is 0.102. The quantitative estimate of drug-likeness (QED) is 0.723. The normalized spacial score (nSPS) is 10.1. The monoisotopic (exact) mass is 334 g/mol. The molecule has 1 heterocycles. The third kappa shape index (κ3) is 4.54. The highest BCUT2D eigenvalue weighted by Gasteiger charge is 2.09. The first-order chi connectivity index (χ1) is 12.2. The van der Waals surface area contributed by atoms with Crippen LogP contribution in [0.5, 0.6) is 5.75 Å². The lowest BCUT2D eigenvalue weighted by Crippen LogP contribution is -2.14. The minimum atomic E-state index is -0.324. The van der Waals surface area contributed by atoms with Gasteiger partial charge in [-0.1, -0.05) is 36.4 Å². The number of aromatic nitrogens is 2. The highest BCUT2D eigenvalue weighted by molar-refractivity contribution is 6.02. The molecule has 2 aromatic carbocycles. The molecule has 126 valence electrons. The van der Waals surface area contributed by atoms with Gasteiger partial charge in [0.05, 0.1) is 19.5 Å². The summed E-state index contributed by atoms with van der Waals surface area (Å²) in [5.74, 6) is 0.960. The molecule has 0 saturated heterocycles. The van der Waals surface area contributed by atoms with E-state index in [1.807, 2.05) is 36.4 Å². The maximum absolute atomic E-state index is 12.2. The van der Waals surface area contributed by atoms with E-state index in [1.165, 1.54) is 6.20 Å². The highest BCUT2D eigenvalue weighted by Crippen LogP contribution is 2.17. The summed E-state index contributed by atoms with van der Waals surface area (Å²) in [5, 5.41) is 5.94. The van der Waals surface area contributed by atoms with E-state index >= 15 is 0 Å². The topological polar surface area (TPSA) is 76.1 Å². The van der Waals surface area contributed by atoms with Gasteiger partial charge in [-0.3, -0.25) is 4.79 Å². The molecule has 3 rings (SSSR count). The summed E-state index contributed by atoms with van der Waals surface area (Å²) in [6, 6.07) is 17.1. The summed E-state index contributed by atoms with van der Waals surface area (Å²) in [7, 11) is 1.58. The highest BCUT2D eigenvalue weighted by atomic mass is 16.5. The van der Waals surface area contributed by atoms with E-state index < -0.39 is 0 Å². The third-order valence-electron chi connectivity index (χ3n) is 3.53. The van der Waals surface area contributed by atoms with Gasteiger partial charge in [-0.2, -0.15) is 0 Å². The molecule has 0 aliphatic carbocycles. The van der Waals surface area contributed by atoms with Gasteiger partial charge in [-0.05, 0) is 17.7 Å². The minimum absolute atomic E-state index is 0.244. The number of hydrogen-bond donors (Lipinski definition) is 2. The van der Waals surface area contributed by atoms with E-state index in [0.29, 0.717) is 23.8 Å². The van der Waals surface area contributed by atoms with Crippen LogP contribution in [0.4, 0.5) is 11.5 Å². The molecule has 0 radical (unpaired) electrons. The fraction of sp³-hybridized carbons (Fsp3) is 0.105. The van der Waals surface area contributed by atoms with Gasteiger partial charge in [-0.15, -0.1) is 0 Å². The molecule has 0 bridgehead atoms. The Morgan fingerprint density at radius 1 is 1.04 bits per heavy atom. The van der Waals surface area contributed by atoms with Crippen LogP contribution in [0, 0.1) is 0 Å². The zero-order valence-electron chi connectivity index (χ0n) is 13.8. The Hall–Kier alpha value is -3.41. The predicted molar refractivity (Wildman–Crippen MR) is 96.7 cm³/mol. The Balaban J connectivity index is 1.60. The molecule has 0 saturated carbocycles. The van der Waals surface area contributed by atoms with Crippen LogP contribution in [0.2, 0.25) is 0 Å². The number of benzene rings is 2. The summed E-state index contributed by atoms with van der Waals surface area (Å²) in [6.07, 6.45) is 2.99. The molecule has 0 spiro atoms. The van der Waals surface area contributed by atoms with Gasteiger partial charge in [0.25, 0.3) is 5.91 Å². The number of anilines is 2. The van der Waals surface area contributed by atoms with E-state index in [-0.39, 0.29) is 11.6 Å². The largest absolute Gasteiger partial charge is 0.497 e. The van der Waals surface area contributed by atoms with E-state index in [9.17, 15) is 4.79 Å². The van der Waals surface area contributed by atoms with Crippen molar-refractivity contribution in [3.63, 3.8) is 0 Å². The molecular weight excluding hydrogens is 316 g/mol. The Bertz CT molecular complexity index is 836. The van der Waals surface area contributed by atoms with Crippen molar-refractivity contribution in [3.8, 4) is 5.75 Å². The van der Waals surface area contributed by atoms with Gasteiger partial charge in [-0.25, -0.2) is 9.97 Å². The van der Waals surface area contributed by atoms with Crippen LogP contribution >= 0.6 is 0 Å². The molecule has 6 heteroatoms. The van der Waals surface area contributed by atoms with E-state index in [1.54, 1.807) is 31.5 Å². The second-order valence-electron chi connectivity index (χ2n) is 5.31. The molecule has 0 aliphatic rings. The minimum Gasteiger partial charge on any atom is -0.497 e. The molecule has 3 aromatic rings. The van der Waals surface area contributed by atoms with Crippen molar-refractivity contribution < 1.29 is 9.53 Å². The number of amides is 1. The number of nitrogens with zero attached hydrogens (tertiary/aromatic N) is 2. The number of carbonyl (C=O) groups excluding carboxylic acids is 1. The van der Waals surface area contributed by atoms with Crippen LogP contribution in [0.1, 0.15) is 16.1 Å². The third-order valence-corrected chi connectivity index (χ3v) is 3.53. The van der Waals surface area contributed by atoms with Gasteiger partial charge in [0.2, 0.25) is 0 Å². The predicted octanol–water partition coefficient (Wildman–Crippen LogP) is 3.35. The molecule has 0 fully saturated rings. The van der Waals surface area contributed by atoms with Crippen molar-refractivity contribution in [3.05, 3.63) is 78.2 Å². The van der Waals surface area contributed by atoms with Crippen molar-refractivity contribution in [2.75, 3.05) is 17.7 Å². The van der Waals surface area contributed by atoms with Crippen LogP contribution in [-0.4, -0.2) is 23.0 Å². The van der Waals surface area contributed by atoms with Gasteiger partial charge in [0.15, 0.2) is 0 Å². The zero-order valence-corrected chi connectivity index (χ0v) is 13.8. The lowest BCUT2D eigenvalue weighted by Gasteiger charge is -2.08. The van der Waals surface area contributed by atoms with Gasteiger partial charge >= 0.3 is 0 Å². The Morgan fingerprint density at radius 3 is 2.60 bits per heavy atom. The van der Waals surface area contributed by atoms with Crippen LogP contribution < -0.4 is 15.4 Å².